The molecule has 7 heteroatoms. The molecule has 1 unspecified atom stereocenters. The Labute approximate surface area is 168 Å². The number of benzene rings is 1. The normalized spacial score (nSPS) is 21.2. The number of carbonyl (C=O) groups is 1. The Morgan fingerprint density at radius 1 is 1.33 bits per heavy atom. The van der Waals surface area contributed by atoms with Crippen LogP contribution in [-0.4, -0.2) is 54.8 Å². The Hall–Kier alpha value is -1.21. The number of halogens is 1. The van der Waals surface area contributed by atoms with Gasteiger partial charge in [0.05, 0.1) is 41.0 Å². The summed E-state index contributed by atoms with van der Waals surface area (Å²) >= 11 is 7.81. The predicted octanol–water partition coefficient (Wildman–Crippen LogP) is 4.24. The molecule has 4 rings (SSSR count). The lowest BCUT2D eigenvalue weighted by atomic mass is 9.97. The van der Waals surface area contributed by atoms with Gasteiger partial charge in [0, 0.05) is 30.6 Å². The van der Waals surface area contributed by atoms with Crippen molar-refractivity contribution in [1.29, 1.82) is 0 Å². The van der Waals surface area contributed by atoms with Gasteiger partial charge in [-0.2, -0.15) is 0 Å². The molecule has 1 amide bonds. The third kappa shape index (κ3) is 4.80. The van der Waals surface area contributed by atoms with Crippen LogP contribution in [-0.2, 0) is 14.3 Å². The molecule has 2 saturated heterocycles. The lowest BCUT2D eigenvalue weighted by Gasteiger charge is -2.31. The van der Waals surface area contributed by atoms with Crippen molar-refractivity contribution in [2.45, 2.75) is 44.1 Å². The number of hydrogen-bond acceptors (Lipinski definition) is 5. The minimum Gasteiger partial charge on any atom is -0.378 e. The number of carbonyl (C=O) groups excluding carboxylic acids is 1. The van der Waals surface area contributed by atoms with E-state index in [4.69, 9.17) is 26.1 Å². The van der Waals surface area contributed by atoms with E-state index in [9.17, 15) is 4.79 Å². The van der Waals surface area contributed by atoms with Crippen LogP contribution in [0.3, 0.4) is 0 Å². The molecule has 2 aliphatic rings. The van der Waals surface area contributed by atoms with Gasteiger partial charge in [0.15, 0.2) is 0 Å². The van der Waals surface area contributed by atoms with Crippen LogP contribution >= 0.6 is 22.9 Å². The summed E-state index contributed by atoms with van der Waals surface area (Å²) in [5.74, 6) is 0.623. The summed E-state index contributed by atoms with van der Waals surface area (Å²) in [5, 5.41) is 1.89. The number of hydrogen-bond donors (Lipinski definition) is 0. The molecule has 27 heavy (non-hydrogen) atoms. The highest BCUT2D eigenvalue weighted by atomic mass is 35.5. The Balaban J connectivity index is 1.22. The number of rotatable bonds is 6. The van der Waals surface area contributed by atoms with Crippen molar-refractivity contribution in [3.63, 3.8) is 0 Å². The maximum Gasteiger partial charge on any atom is 0.224 e. The molecule has 2 aromatic rings. The Kier molecular flexibility index (Phi) is 6.28. The molecule has 0 spiro atoms. The van der Waals surface area contributed by atoms with Gasteiger partial charge >= 0.3 is 0 Å². The maximum atomic E-state index is 12.4. The van der Waals surface area contributed by atoms with E-state index in [0.717, 1.165) is 55.9 Å². The van der Waals surface area contributed by atoms with Crippen molar-refractivity contribution in [3.8, 4) is 0 Å². The molecule has 2 aliphatic heterocycles. The lowest BCUT2D eigenvalue weighted by Crippen LogP contribution is -2.38. The molecule has 2 fully saturated rings. The summed E-state index contributed by atoms with van der Waals surface area (Å²) in [6, 6.07) is 5.87. The van der Waals surface area contributed by atoms with Crippen molar-refractivity contribution >= 4 is 39.1 Å². The van der Waals surface area contributed by atoms with Crippen LogP contribution < -0.4 is 0 Å². The third-order valence-electron chi connectivity index (χ3n) is 5.35. The summed E-state index contributed by atoms with van der Waals surface area (Å²) in [4.78, 5) is 19.1. The van der Waals surface area contributed by atoms with Gasteiger partial charge in [-0.05, 0) is 43.9 Å². The van der Waals surface area contributed by atoms with Gasteiger partial charge in [-0.1, -0.05) is 11.6 Å². The fourth-order valence-electron chi connectivity index (χ4n) is 3.78. The van der Waals surface area contributed by atoms with Gasteiger partial charge in [0.1, 0.15) is 0 Å². The number of fused-ring (bicyclic) bond motifs is 1. The van der Waals surface area contributed by atoms with Crippen LogP contribution in [0.25, 0.3) is 10.2 Å². The van der Waals surface area contributed by atoms with Crippen LogP contribution in [0.4, 0.5) is 0 Å². The molecule has 146 valence electrons. The second-order valence-electron chi connectivity index (χ2n) is 7.28. The van der Waals surface area contributed by atoms with Crippen LogP contribution in [0.5, 0.6) is 0 Å². The van der Waals surface area contributed by atoms with Gasteiger partial charge in [0.2, 0.25) is 5.91 Å². The molecule has 1 aromatic heterocycles. The molecule has 0 N–H and O–H groups in total. The predicted molar refractivity (Wildman–Crippen MR) is 108 cm³/mol. The highest BCUT2D eigenvalue weighted by molar-refractivity contribution is 7.18. The second-order valence-corrected chi connectivity index (χ2v) is 8.78. The summed E-state index contributed by atoms with van der Waals surface area (Å²) < 4.78 is 12.3. The molecule has 0 aliphatic carbocycles. The largest absolute Gasteiger partial charge is 0.378 e. The molecular formula is C20H25ClN2O3S. The van der Waals surface area contributed by atoms with Crippen molar-refractivity contribution in [1.82, 2.24) is 9.88 Å². The van der Waals surface area contributed by atoms with E-state index in [2.05, 4.69) is 0 Å². The highest BCUT2D eigenvalue weighted by Gasteiger charge is 2.26. The molecule has 0 saturated carbocycles. The fourth-order valence-corrected chi connectivity index (χ4v) is 5.06. The van der Waals surface area contributed by atoms with Gasteiger partial charge in [-0.15, -0.1) is 11.3 Å². The van der Waals surface area contributed by atoms with E-state index in [-0.39, 0.29) is 12.0 Å². The third-order valence-corrected chi connectivity index (χ3v) is 6.79. The van der Waals surface area contributed by atoms with E-state index >= 15 is 0 Å². The molecule has 0 bridgehead atoms. The standard InChI is InChI=1S/C20H25ClN2O3S/c21-15-3-4-18-17(12-15)22-20(27-18)14-5-8-23(9-6-14)19(24)7-11-25-13-16-2-1-10-26-16/h3-4,12,14,16H,1-2,5-11,13H2. The van der Waals surface area contributed by atoms with Crippen molar-refractivity contribution in [2.24, 2.45) is 0 Å². The van der Waals surface area contributed by atoms with E-state index < -0.39 is 0 Å². The first-order chi connectivity index (χ1) is 13.2. The zero-order valence-corrected chi connectivity index (χ0v) is 16.9. The quantitative estimate of drug-likeness (QED) is 0.671. The minimum atomic E-state index is 0.192. The zero-order chi connectivity index (χ0) is 18.6. The molecule has 5 nitrogen and oxygen atoms in total. The summed E-state index contributed by atoms with van der Waals surface area (Å²) in [7, 11) is 0. The first-order valence-electron chi connectivity index (χ1n) is 9.72. The fraction of sp³-hybridized carbons (Fsp3) is 0.600. The van der Waals surface area contributed by atoms with Crippen molar-refractivity contribution in [2.75, 3.05) is 32.9 Å². The number of thiazole rings is 1. The van der Waals surface area contributed by atoms with Crippen LogP contribution in [0.15, 0.2) is 18.2 Å². The second kappa shape index (κ2) is 8.86. The van der Waals surface area contributed by atoms with Crippen molar-refractivity contribution in [3.05, 3.63) is 28.2 Å². The van der Waals surface area contributed by atoms with Gasteiger partial charge in [-0.25, -0.2) is 4.98 Å². The van der Waals surface area contributed by atoms with Crippen LogP contribution in [0.1, 0.15) is 43.0 Å². The Morgan fingerprint density at radius 2 is 2.19 bits per heavy atom. The number of amides is 1. The van der Waals surface area contributed by atoms with E-state index in [1.165, 1.54) is 9.71 Å². The summed E-state index contributed by atoms with van der Waals surface area (Å²) in [6.45, 7) is 3.52. The number of ether oxygens (including phenoxy) is 2. The minimum absolute atomic E-state index is 0.192. The lowest BCUT2D eigenvalue weighted by molar-refractivity contribution is -0.133. The summed E-state index contributed by atoms with van der Waals surface area (Å²) in [5.41, 5.74) is 0.976. The highest BCUT2D eigenvalue weighted by Crippen LogP contribution is 2.34. The SMILES string of the molecule is O=C(CCOCC1CCCO1)N1CCC(c2nc3cc(Cl)ccc3s2)CC1. The van der Waals surface area contributed by atoms with E-state index in [0.29, 0.717) is 25.6 Å². The Bertz CT molecular complexity index is 783. The number of piperidine rings is 1. The monoisotopic (exact) mass is 408 g/mol. The van der Waals surface area contributed by atoms with Gasteiger partial charge in [-0.3, -0.25) is 4.79 Å². The average Bonchev–Trinajstić information content (AvgIpc) is 3.34. The maximum absolute atomic E-state index is 12.4. The van der Waals surface area contributed by atoms with E-state index in [1.807, 2.05) is 23.1 Å². The zero-order valence-electron chi connectivity index (χ0n) is 15.4. The number of nitrogens with zero attached hydrogens (tertiary/aromatic N) is 2. The molecule has 1 aromatic carbocycles. The van der Waals surface area contributed by atoms with Crippen molar-refractivity contribution < 1.29 is 14.3 Å². The smallest absolute Gasteiger partial charge is 0.224 e. The number of likely N-dealkylation sites (tertiary alicyclic amines) is 1. The number of aromatic nitrogens is 1. The molecule has 0 radical (unpaired) electrons. The van der Waals surface area contributed by atoms with E-state index in [1.54, 1.807) is 11.3 Å². The summed E-state index contributed by atoms with van der Waals surface area (Å²) in [6.07, 6.45) is 4.80. The van der Waals surface area contributed by atoms with Gasteiger partial charge in [0.25, 0.3) is 0 Å². The van der Waals surface area contributed by atoms with Crippen LogP contribution in [0.2, 0.25) is 5.02 Å². The first kappa shape index (κ1) is 19.1. The topological polar surface area (TPSA) is 51.7 Å². The first-order valence-corrected chi connectivity index (χ1v) is 10.9. The molecule has 1 atom stereocenters. The molecule has 3 heterocycles. The van der Waals surface area contributed by atoms with Gasteiger partial charge < -0.3 is 14.4 Å². The van der Waals surface area contributed by atoms with Crippen LogP contribution in [0, 0.1) is 0 Å². The average molecular weight is 409 g/mol. The molecular weight excluding hydrogens is 384 g/mol. The Morgan fingerprint density at radius 3 is 2.96 bits per heavy atom.